The molecular weight excluding hydrogens is 319 g/mol. The molecule has 2 rings (SSSR count). The molecule has 7 nitrogen and oxygen atoms in total. The summed E-state index contributed by atoms with van der Waals surface area (Å²) < 4.78 is 38.2. The van der Waals surface area contributed by atoms with E-state index in [2.05, 4.69) is 0 Å². The van der Waals surface area contributed by atoms with Crippen molar-refractivity contribution in [3.05, 3.63) is 33.9 Å². The molecule has 1 heterocycles. The van der Waals surface area contributed by atoms with Crippen molar-refractivity contribution in [2.75, 3.05) is 18.8 Å². The number of carbonyl (C=O) groups excluding carboxylic acids is 1. The Morgan fingerprint density at radius 3 is 2.39 bits per heavy atom. The van der Waals surface area contributed by atoms with Crippen LogP contribution >= 0.6 is 0 Å². The van der Waals surface area contributed by atoms with Crippen LogP contribution < -0.4 is 5.73 Å². The lowest BCUT2D eigenvalue weighted by Gasteiger charge is -2.39. The van der Waals surface area contributed by atoms with Crippen molar-refractivity contribution in [1.29, 1.82) is 0 Å². The Balaban J connectivity index is 2.18. The average molecular weight is 333 g/mol. The van der Waals surface area contributed by atoms with Crippen LogP contribution in [-0.4, -0.2) is 45.7 Å². The summed E-state index contributed by atoms with van der Waals surface area (Å²) in [7, 11) is 0. The van der Waals surface area contributed by atoms with E-state index in [1.165, 1.54) is 12.1 Å². The van der Waals surface area contributed by atoms with Gasteiger partial charge >= 0.3 is 6.18 Å². The molecule has 1 fully saturated rings. The number of halogens is 3. The number of nitrogen functional groups attached to an aromatic ring is 1. The Kier molecular flexibility index (Phi) is 4.20. The second-order valence-corrected chi connectivity index (χ2v) is 5.32. The van der Waals surface area contributed by atoms with Gasteiger partial charge in [-0.25, -0.2) is 0 Å². The molecule has 0 saturated carbocycles. The van der Waals surface area contributed by atoms with Gasteiger partial charge in [-0.1, -0.05) is 6.07 Å². The number of nitro groups is 1. The maximum Gasteiger partial charge on any atom is 0.417 e. The first-order valence-corrected chi connectivity index (χ1v) is 6.68. The zero-order valence-electron chi connectivity index (χ0n) is 11.8. The molecule has 0 spiro atoms. The summed E-state index contributed by atoms with van der Waals surface area (Å²) in [5.41, 5.74) is 1.85. The van der Waals surface area contributed by atoms with Crippen LogP contribution in [0.2, 0.25) is 0 Å². The molecule has 0 radical (unpaired) electrons. The molecule has 1 amide bonds. The molecule has 1 aliphatic heterocycles. The lowest BCUT2D eigenvalue weighted by Crippen LogP contribution is -2.54. The zero-order chi connectivity index (χ0) is 17.4. The molecule has 0 bridgehead atoms. The van der Waals surface area contributed by atoms with E-state index in [1.54, 1.807) is 0 Å². The van der Waals surface area contributed by atoms with E-state index < -0.39 is 41.1 Å². The highest BCUT2D eigenvalue weighted by atomic mass is 19.4. The minimum atomic E-state index is -4.77. The van der Waals surface area contributed by atoms with E-state index in [0.29, 0.717) is 0 Å². The predicted molar refractivity (Wildman–Crippen MR) is 73.7 cm³/mol. The number of hydrogen-bond donors (Lipinski definition) is 2. The van der Waals surface area contributed by atoms with Gasteiger partial charge in [-0.05, 0) is 6.07 Å². The monoisotopic (exact) mass is 333 g/mol. The molecule has 0 atom stereocenters. The van der Waals surface area contributed by atoms with Crippen LogP contribution in [0, 0.1) is 10.1 Å². The second kappa shape index (κ2) is 5.69. The van der Waals surface area contributed by atoms with E-state index in [9.17, 15) is 33.2 Å². The van der Waals surface area contributed by atoms with E-state index in [1.807, 2.05) is 0 Å². The summed E-state index contributed by atoms with van der Waals surface area (Å²) in [6.45, 7) is -0.645. The van der Waals surface area contributed by atoms with Crippen LogP contribution in [0.4, 0.5) is 24.5 Å². The third-order valence-corrected chi connectivity index (χ3v) is 3.92. The Morgan fingerprint density at radius 2 is 1.91 bits per heavy atom. The molecule has 0 aromatic heterocycles. The molecule has 126 valence electrons. The molecule has 23 heavy (non-hydrogen) atoms. The van der Waals surface area contributed by atoms with Gasteiger partial charge < -0.3 is 15.7 Å². The fraction of sp³-hybridized carbons (Fsp3) is 0.462. The van der Waals surface area contributed by atoms with Gasteiger partial charge in [-0.2, -0.15) is 13.2 Å². The molecule has 0 aliphatic carbocycles. The maximum atomic E-state index is 12.7. The van der Waals surface area contributed by atoms with Crippen LogP contribution in [0.1, 0.15) is 23.2 Å². The van der Waals surface area contributed by atoms with E-state index in [0.717, 1.165) is 11.0 Å². The van der Waals surface area contributed by atoms with E-state index in [-0.39, 0.29) is 24.3 Å². The number of alkyl halides is 3. The highest BCUT2D eigenvalue weighted by molar-refractivity contribution is 6.01. The van der Waals surface area contributed by atoms with Crippen molar-refractivity contribution in [2.24, 2.45) is 0 Å². The highest BCUT2D eigenvalue weighted by Crippen LogP contribution is 2.38. The SMILES string of the molecule is Nc1c(C(=O)N2CCC(O)(C(F)(F)F)CC2)cccc1[N+](=O)[O-]. The summed E-state index contributed by atoms with van der Waals surface area (Å²) in [5.74, 6) is -0.699. The van der Waals surface area contributed by atoms with Crippen LogP contribution in [0.25, 0.3) is 0 Å². The number of aliphatic hydroxyl groups is 1. The van der Waals surface area contributed by atoms with Crippen molar-refractivity contribution in [3.63, 3.8) is 0 Å². The lowest BCUT2D eigenvalue weighted by molar-refractivity contribution is -0.383. The van der Waals surface area contributed by atoms with Crippen LogP contribution in [-0.2, 0) is 0 Å². The number of anilines is 1. The first kappa shape index (κ1) is 17.0. The standard InChI is InChI=1S/C13H14F3N3O4/c14-13(15,16)12(21)4-6-18(7-5-12)11(20)8-2-1-3-9(10(8)17)19(22)23/h1-3,21H,4-7,17H2. The van der Waals surface area contributed by atoms with Gasteiger partial charge in [0.05, 0.1) is 10.5 Å². The van der Waals surface area contributed by atoms with Crippen LogP contribution in [0.3, 0.4) is 0 Å². The second-order valence-electron chi connectivity index (χ2n) is 5.32. The fourth-order valence-corrected chi connectivity index (χ4v) is 2.43. The minimum Gasteiger partial charge on any atom is -0.393 e. The molecular formula is C13H14F3N3O4. The number of nitrogens with zero attached hydrogens (tertiary/aromatic N) is 2. The largest absolute Gasteiger partial charge is 0.417 e. The van der Waals surface area contributed by atoms with Crippen molar-refractivity contribution in [3.8, 4) is 0 Å². The van der Waals surface area contributed by atoms with Crippen LogP contribution in [0.15, 0.2) is 18.2 Å². The van der Waals surface area contributed by atoms with Gasteiger partial charge in [0.15, 0.2) is 5.60 Å². The molecule has 1 aliphatic rings. The number of para-hydroxylation sites is 1. The van der Waals surface area contributed by atoms with Gasteiger partial charge in [0.25, 0.3) is 11.6 Å². The van der Waals surface area contributed by atoms with Gasteiger partial charge in [-0.15, -0.1) is 0 Å². The van der Waals surface area contributed by atoms with Crippen molar-refractivity contribution < 1.29 is 28.0 Å². The Labute approximate surface area is 128 Å². The molecule has 1 aromatic carbocycles. The molecule has 1 saturated heterocycles. The smallest absolute Gasteiger partial charge is 0.393 e. The average Bonchev–Trinajstić information content (AvgIpc) is 2.46. The number of carbonyl (C=O) groups is 1. The molecule has 3 N–H and O–H groups in total. The lowest BCUT2D eigenvalue weighted by atomic mass is 9.90. The third kappa shape index (κ3) is 3.07. The number of rotatable bonds is 2. The molecule has 1 aromatic rings. The zero-order valence-corrected chi connectivity index (χ0v) is 11.8. The number of benzene rings is 1. The number of amides is 1. The first-order valence-electron chi connectivity index (χ1n) is 6.68. The topological polar surface area (TPSA) is 110 Å². The Morgan fingerprint density at radius 1 is 1.35 bits per heavy atom. The van der Waals surface area contributed by atoms with Crippen molar-refractivity contribution in [1.82, 2.24) is 4.90 Å². The number of nitro benzene ring substituents is 1. The Hall–Kier alpha value is -2.36. The third-order valence-electron chi connectivity index (χ3n) is 3.92. The van der Waals surface area contributed by atoms with Crippen molar-refractivity contribution in [2.45, 2.75) is 24.6 Å². The number of piperidine rings is 1. The summed E-state index contributed by atoms with van der Waals surface area (Å²) in [6.07, 6.45) is -6.08. The highest BCUT2D eigenvalue weighted by Gasteiger charge is 2.55. The van der Waals surface area contributed by atoms with Gasteiger partial charge in [-0.3, -0.25) is 14.9 Å². The predicted octanol–water partition coefficient (Wildman–Crippen LogP) is 1.71. The van der Waals surface area contributed by atoms with E-state index >= 15 is 0 Å². The van der Waals surface area contributed by atoms with E-state index in [4.69, 9.17) is 5.73 Å². The van der Waals surface area contributed by atoms with Gasteiger partial charge in [0.2, 0.25) is 0 Å². The first-order chi connectivity index (χ1) is 10.6. The molecule has 10 heteroatoms. The quantitative estimate of drug-likeness (QED) is 0.486. The molecule has 0 unspecified atom stereocenters. The van der Waals surface area contributed by atoms with Gasteiger partial charge in [0.1, 0.15) is 5.69 Å². The van der Waals surface area contributed by atoms with Gasteiger partial charge in [0, 0.05) is 32.0 Å². The minimum absolute atomic E-state index is 0.142. The number of likely N-dealkylation sites (tertiary alicyclic amines) is 1. The Bertz CT molecular complexity index is 640. The summed E-state index contributed by atoms with van der Waals surface area (Å²) in [6, 6.07) is 3.68. The van der Waals surface area contributed by atoms with Crippen LogP contribution in [0.5, 0.6) is 0 Å². The summed E-state index contributed by atoms with van der Waals surface area (Å²) in [5, 5.41) is 20.4. The summed E-state index contributed by atoms with van der Waals surface area (Å²) in [4.78, 5) is 23.5. The van der Waals surface area contributed by atoms with Crippen molar-refractivity contribution >= 4 is 17.3 Å². The normalized spacial score (nSPS) is 17.8. The maximum absolute atomic E-state index is 12.7. The summed E-state index contributed by atoms with van der Waals surface area (Å²) >= 11 is 0. The number of hydrogen-bond acceptors (Lipinski definition) is 5. The fourth-order valence-electron chi connectivity index (χ4n) is 2.43. The number of nitrogens with two attached hydrogens (primary N) is 1.